The summed E-state index contributed by atoms with van der Waals surface area (Å²) >= 11 is 0. The molecule has 0 radical (unpaired) electrons. The van der Waals surface area contributed by atoms with Crippen molar-refractivity contribution in [2.75, 3.05) is 0 Å². The van der Waals surface area contributed by atoms with E-state index in [4.69, 9.17) is 5.73 Å². The number of nitrogens with one attached hydrogen (secondary N) is 2. The van der Waals surface area contributed by atoms with Crippen molar-refractivity contribution in [3.05, 3.63) is 71.8 Å². The van der Waals surface area contributed by atoms with Crippen LogP contribution in [0.25, 0.3) is 0 Å². The third-order valence-corrected chi connectivity index (χ3v) is 3.45. The first-order valence-electron chi connectivity index (χ1n) is 6.55. The summed E-state index contributed by atoms with van der Waals surface area (Å²) in [4.78, 5) is 15.7. The minimum absolute atomic E-state index is 0.0346. The van der Waals surface area contributed by atoms with E-state index in [-0.39, 0.29) is 17.9 Å². The molecule has 0 bridgehead atoms. The molecule has 0 spiro atoms. The van der Waals surface area contributed by atoms with Gasteiger partial charge in [0, 0.05) is 5.56 Å². The minimum Gasteiger partial charge on any atom is -0.291 e. The Bertz CT molecular complexity index is 637. The van der Waals surface area contributed by atoms with Gasteiger partial charge in [0.25, 0.3) is 0 Å². The number of guanidine groups is 1. The fourth-order valence-corrected chi connectivity index (χ4v) is 2.48. The highest BCUT2D eigenvalue weighted by Gasteiger charge is 2.39. The van der Waals surface area contributed by atoms with Crippen LogP contribution in [0.1, 0.15) is 22.0 Å². The second-order valence-corrected chi connectivity index (χ2v) is 4.80. The average Bonchev–Trinajstić information content (AvgIpc) is 2.90. The van der Waals surface area contributed by atoms with Gasteiger partial charge in [-0.25, -0.2) is 0 Å². The number of hydrogen-bond donors (Lipinski definition) is 3. The Hall–Kier alpha value is -2.62. The topological polar surface area (TPSA) is 69.1 Å². The number of carbonyl (C=O) groups is 1. The molecule has 0 fully saturated rings. The number of Topliss-reactive ketones (excluding diaryl/α,β-unsaturated/α-hetero) is 1. The van der Waals surface area contributed by atoms with Crippen molar-refractivity contribution >= 4 is 11.7 Å². The zero-order valence-electron chi connectivity index (χ0n) is 10.9. The Balaban J connectivity index is 1.92. The van der Waals surface area contributed by atoms with Gasteiger partial charge in [-0.1, -0.05) is 60.7 Å². The molecule has 1 heterocycles. The van der Waals surface area contributed by atoms with Crippen LogP contribution in [0.4, 0.5) is 0 Å². The predicted molar refractivity (Wildman–Crippen MR) is 77.0 cm³/mol. The summed E-state index contributed by atoms with van der Waals surface area (Å²) in [6.45, 7) is 0. The Labute approximate surface area is 117 Å². The van der Waals surface area contributed by atoms with Crippen molar-refractivity contribution < 1.29 is 9.79 Å². The van der Waals surface area contributed by atoms with Crippen molar-refractivity contribution in [3.63, 3.8) is 0 Å². The summed E-state index contributed by atoms with van der Waals surface area (Å²) < 4.78 is 0. The number of hydrogen-bond acceptors (Lipinski definition) is 3. The molecule has 0 amide bonds. The summed E-state index contributed by atoms with van der Waals surface area (Å²) in [6, 6.07) is 18.6. The molecule has 0 aromatic heterocycles. The molecule has 0 aliphatic carbocycles. The molecule has 2 atom stereocenters. The second-order valence-electron chi connectivity index (χ2n) is 4.80. The number of ketones is 1. The van der Waals surface area contributed by atoms with Crippen molar-refractivity contribution in [2.24, 2.45) is 5.73 Å². The van der Waals surface area contributed by atoms with E-state index in [0.717, 1.165) is 5.56 Å². The van der Waals surface area contributed by atoms with Crippen LogP contribution in [0.5, 0.6) is 0 Å². The lowest BCUT2D eigenvalue weighted by molar-refractivity contribution is -0.500. The van der Waals surface area contributed by atoms with E-state index >= 15 is 0 Å². The summed E-state index contributed by atoms with van der Waals surface area (Å²) in [6.07, 6.45) is 0. The average molecular weight is 266 g/mol. The molecule has 0 unspecified atom stereocenters. The molecule has 1 aliphatic heterocycles. The lowest BCUT2D eigenvalue weighted by Crippen LogP contribution is -2.74. The van der Waals surface area contributed by atoms with Gasteiger partial charge in [0.2, 0.25) is 5.78 Å². The lowest BCUT2D eigenvalue weighted by Gasteiger charge is -2.14. The van der Waals surface area contributed by atoms with Crippen LogP contribution < -0.4 is 16.0 Å². The molecule has 100 valence electrons. The smallest absolute Gasteiger partial charge is 0.291 e. The molecule has 3 rings (SSSR count). The monoisotopic (exact) mass is 266 g/mol. The van der Waals surface area contributed by atoms with Crippen LogP contribution in [-0.2, 0) is 0 Å². The molecule has 0 saturated carbocycles. The quantitative estimate of drug-likeness (QED) is 0.684. The van der Waals surface area contributed by atoms with Crippen LogP contribution in [0.15, 0.2) is 60.7 Å². The molecule has 0 saturated heterocycles. The summed E-state index contributed by atoms with van der Waals surface area (Å²) in [5.41, 5.74) is 7.53. The highest BCUT2D eigenvalue weighted by Crippen LogP contribution is 2.17. The van der Waals surface area contributed by atoms with Gasteiger partial charge in [-0.2, -0.15) is 0 Å². The maximum absolute atomic E-state index is 12.6. The van der Waals surface area contributed by atoms with E-state index in [1.54, 1.807) is 0 Å². The molecule has 4 nitrogen and oxygen atoms in total. The van der Waals surface area contributed by atoms with Crippen LogP contribution >= 0.6 is 0 Å². The van der Waals surface area contributed by atoms with E-state index in [1.165, 1.54) is 0 Å². The molecule has 4 heteroatoms. The van der Waals surface area contributed by atoms with Crippen molar-refractivity contribution in [1.82, 2.24) is 5.32 Å². The zero-order chi connectivity index (χ0) is 13.9. The number of nitrogens with two attached hydrogens (primary N) is 1. The Morgan fingerprint density at radius 1 is 1.00 bits per heavy atom. The summed E-state index contributed by atoms with van der Waals surface area (Å²) in [7, 11) is 0. The van der Waals surface area contributed by atoms with Gasteiger partial charge in [-0.15, -0.1) is 0 Å². The molecule has 2 aromatic rings. The highest BCUT2D eigenvalue weighted by atomic mass is 16.1. The largest absolute Gasteiger partial charge is 0.342 e. The van der Waals surface area contributed by atoms with Crippen molar-refractivity contribution in [2.45, 2.75) is 12.1 Å². The normalized spacial score (nSPS) is 21.1. The fraction of sp³-hybridized carbons (Fsp3) is 0.125. The highest BCUT2D eigenvalue weighted by molar-refractivity contribution is 6.02. The van der Waals surface area contributed by atoms with Gasteiger partial charge in [0.05, 0.1) is 0 Å². The van der Waals surface area contributed by atoms with Crippen molar-refractivity contribution in [1.29, 1.82) is 0 Å². The van der Waals surface area contributed by atoms with Crippen LogP contribution in [-0.4, -0.2) is 17.8 Å². The van der Waals surface area contributed by atoms with Crippen LogP contribution in [0, 0.1) is 0 Å². The molecule has 20 heavy (non-hydrogen) atoms. The van der Waals surface area contributed by atoms with Gasteiger partial charge in [0.15, 0.2) is 6.04 Å². The van der Waals surface area contributed by atoms with Gasteiger partial charge in [0.1, 0.15) is 6.04 Å². The lowest BCUT2D eigenvalue weighted by atomic mass is 9.94. The molecule has 2 aromatic carbocycles. The maximum atomic E-state index is 12.6. The van der Waals surface area contributed by atoms with Crippen LogP contribution in [0.3, 0.4) is 0 Å². The fourth-order valence-electron chi connectivity index (χ4n) is 2.48. The summed E-state index contributed by atoms with van der Waals surface area (Å²) in [5.74, 6) is 0.473. The third-order valence-electron chi connectivity index (χ3n) is 3.45. The summed E-state index contributed by atoms with van der Waals surface area (Å²) in [5, 5.41) is 3.03. The first kappa shape index (κ1) is 12.4. The zero-order valence-corrected chi connectivity index (χ0v) is 10.9. The molecule has 4 N–H and O–H groups in total. The standard InChI is InChI=1S/C16H15N3O/c17-16-18-13(11-7-3-1-4-8-11)14(19-16)15(20)12-9-5-2-6-10-12/h1-10,13-14H,(H3,17,18,19)/p+1/t13-,14-/m0/s1. The third kappa shape index (κ3) is 2.28. The van der Waals surface area contributed by atoms with E-state index in [1.807, 2.05) is 60.7 Å². The van der Waals surface area contributed by atoms with Gasteiger partial charge < -0.3 is 0 Å². The van der Waals surface area contributed by atoms with Crippen LogP contribution in [0.2, 0.25) is 0 Å². The minimum atomic E-state index is -0.389. The number of rotatable bonds is 3. The molecular formula is C16H16N3O+. The van der Waals surface area contributed by atoms with E-state index in [0.29, 0.717) is 11.5 Å². The van der Waals surface area contributed by atoms with E-state index in [2.05, 4.69) is 10.3 Å². The first-order valence-corrected chi connectivity index (χ1v) is 6.55. The van der Waals surface area contributed by atoms with E-state index in [9.17, 15) is 4.79 Å². The SMILES string of the molecule is NC1=[NH+][C@@H](c2ccccc2)[C@@H](C(=O)c2ccccc2)N1. The molecule has 1 aliphatic rings. The first-order chi connectivity index (χ1) is 9.75. The molecular weight excluding hydrogens is 250 g/mol. The Kier molecular flexibility index (Phi) is 3.21. The second kappa shape index (κ2) is 5.17. The number of benzene rings is 2. The van der Waals surface area contributed by atoms with Gasteiger partial charge >= 0.3 is 5.96 Å². The Morgan fingerprint density at radius 2 is 1.60 bits per heavy atom. The van der Waals surface area contributed by atoms with Gasteiger partial charge in [-0.3, -0.25) is 20.8 Å². The van der Waals surface area contributed by atoms with E-state index < -0.39 is 0 Å². The van der Waals surface area contributed by atoms with Gasteiger partial charge in [-0.05, 0) is 5.56 Å². The number of carbonyl (C=O) groups excluding carboxylic acids is 1. The predicted octanol–water partition coefficient (Wildman–Crippen LogP) is -0.0223. The maximum Gasteiger partial charge on any atom is 0.342 e. The van der Waals surface area contributed by atoms with Crippen molar-refractivity contribution in [3.8, 4) is 0 Å². The Morgan fingerprint density at radius 3 is 2.25 bits per heavy atom.